The minimum absolute atomic E-state index is 0.00449. The number of rotatable bonds is 7. The number of benzene rings is 2. The number of methoxy groups -OCH3 is 1. The van der Waals surface area contributed by atoms with Crippen LogP contribution in [0.4, 0.5) is 5.69 Å². The van der Waals surface area contributed by atoms with Gasteiger partial charge in [0.15, 0.2) is 5.69 Å². The van der Waals surface area contributed by atoms with Crippen molar-refractivity contribution in [2.45, 2.75) is 51.1 Å². The van der Waals surface area contributed by atoms with Crippen molar-refractivity contribution < 1.29 is 14.3 Å². The highest BCUT2D eigenvalue weighted by atomic mass is 35.5. The average molecular weight is 532 g/mol. The third-order valence-electron chi connectivity index (χ3n) is 6.21. The largest absolute Gasteiger partial charge is 0.495 e. The number of nitrogens with one attached hydrogen (secondary N) is 1. The molecule has 2 aromatic carbocycles. The first-order valence-corrected chi connectivity index (χ1v) is 13.1. The topological polar surface area (TPSA) is 71.5 Å². The van der Waals surface area contributed by atoms with Crippen LogP contribution in [-0.4, -0.2) is 29.3 Å². The van der Waals surface area contributed by atoms with E-state index in [1.807, 2.05) is 31.2 Å². The van der Waals surface area contributed by atoms with Crippen LogP contribution >= 0.6 is 34.7 Å². The van der Waals surface area contributed by atoms with E-state index in [9.17, 15) is 9.59 Å². The van der Waals surface area contributed by atoms with Crippen molar-refractivity contribution in [3.05, 3.63) is 74.7 Å². The first-order chi connectivity index (χ1) is 16.9. The molecule has 1 heterocycles. The maximum absolute atomic E-state index is 14.0. The number of hydrogen-bond acceptors (Lipinski definition) is 5. The van der Waals surface area contributed by atoms with Crippen LogP contribution in [0.2, 0.25) is 9.36 Å². The van der Waals surface area contributed by atoms with E-state index in [2.05, 4.69) is 9.69 Å². The highest BCUT2D eigenvalue weighted by Gasteiger charge is 2.37. The molecule has 9 heteroatoms. The van der Waals surface area contributed by atoms with Crippen molar-refractivity contribution in [1.82, 2.24) is 9.69 Å². The summed E-state index contributed by atoms with van der Waals surface area (Å²) >= 11 is 13.4. The van der Waals surface area contributed by atoms with Gasteiger partial charge in [-0.2, -0.15) is 4.37 Å². The van der Waals surface area contributed by atoms with Crippen molar-refractivity contribution in [3.63, 3.8) is 0 Å². The number of carbonyl (C=O) groups excluding carboxylic acids is 2. The molecule has 1 aliphatic rings. The number of anilines is 1. The Morgan fingerprint density at radius 1 is 1.09 bits per heavy atom. The molecule has 1 unspecified atom stereocenters. The standard InChI is InChI=1S/C26H27Cl2N3O3S/c1-16-12-14-17(15-13-16)23(25(32)29-18-8-4-3-5-9-18)31(19-10-6-7-11-20(19)34-2)26(33)22-21(27)24(28)35-30-22/h6-7,10-15,18,23H,3-5,8-9H2,1-2H3,(H,29,32). The highest BCUT2D eigenvalue weighted by molar-refractivity contribution is 7.11. The van der Waals surface area contributed by atoms with Crippen molar-refractivity contribution >= 4 is 52.2 Å². The maximum atomic E-state index is 14.0. The van der Waals surface area contributed by atoms with E-state index in [1.165, 1.54) is 18.4 Å². The highest BCUT2D eigenvalue weighted by Crippen LogP contribution is 2.38. The van der Waals surface area contributed by atoms with Gasteiger partial charge in [0, 0.05) is 6.04 Å². The molecule has 0 spiro atoms. The summed E-state index contributed by atoms with van der Waals surface area (Å²) in [6, 6.07) is 13.8. The fourth-order valence-electron chi connectivity index (χ4n) is 4.39. The Morgan fingerprint density at radius 2 is 1.77 bits per heavy atom. The fourth-order valence-corrected chi connectivity index (χ4v) is 5.38. The van der Waals surface area contributed by atoms with Gasteiger partial charge in [0.25, 0.3) is 5.91 Å². The van der Waals surface area contributed by atoms with Crippen molar-refractivity contribution in [3.8, 4) is 5.75 Å². The van der Waals surface area contributed by atoms with Gasteiger partial charge < -0.3 is 10.1 Å². The maximum Gasteiger partial charge on any atom is 0.280 e. The number of aryl methyl sites for hydroxylation is 1. The lowest BCUT2D eigenvalue weighted by atomic mass is 9.94. The Balaban J connectivity index is 1.85. The van der Waals surface area contributed by atoms with E-state index in [0.717, 1.165) is 42.8 Å². The van der Waals surface area contributed by atoms with Gasteiger partial charge in [-0.1, -0.05) is 84.4 Å². The third kappa shape index (κ3) is 5.63. The Kier molecular flexibility index (Phi) is 8.31. The molecule has 4 rings (SSSR count). The first-order valence-electron chi connectivity index (χ1n) is 11.5. The average Bonchev–Trinajstić information content (AvgIpc) is 3.21. The molecule has 1 atom stereocenters. The Morgan fingerprint density at radius 3 is 2.40 bits per heavy atom. The number of amides is 2. The molecule has 0 bridgehead atoms. The van der Waals surface area contributed by atoms with Gasteiger partial charge in [0.05, 0.1) is 12.8 Å². The number of hydrogen-bond donors (Lipinski definition) is 1. The van der Waals surface area contributed by atoms with E-state index in [4.69, 9.17) is 27.9 Å². The second kappa shape index (κ2) is 11.4. The monoisotopic (exact) mass is 531 g/mol. The summed E-state index contributed by atoms with van der Waals surface area (Å²) in [5.74, 6) is -0.356. The van der Waals surface area contributed by atoms with Crippen molar-refractivity contribution in [2.75, 3.05) is 12.0 Å². The van der Waals surface area contributed by atoms with Crippen LogP contribution in [0.3, 0.4) is 0 Å². The summed E-state index contributed by atoms with van der Waals surface area (Å²) in [7, 11) is 1.52. The Bertz CT molecular complexity index is 1190. The van der Waals surface area contributed by atoms with Crippen molar-refractivity contribution in [1.29, 1.82) is 0 Å². The predicted octanol–water partition coefficient (Wildman–Crippen LogP) is 6.60. The molecule has 1 fully saturated rings. The quantitative estimate of drug-likeness (QED) is 0.372. The minimum Gasteiger partial charge on any atom is -0.495 e. The number of halogens is 2. The number of carbonyl (C=O) groups is 2. The molecule has 1 saturated carbocycles. The summed E-state index contributed by atoms with van der Waals surface area (Å²) in [6.07, 6.45) is 5.15. The van der Waals surface area contributed by atoms with E-state index < -0.39 is 11.9 Å². The molecule has 1 aliphatic carbocycles. The van der Waals surface area contributed by atoms with Gasteiger partial charge in [-0.3, -0.25) is 14.5 Å². The second-order valence-corrected chi connectivity index (χ2v) is 10.4. The lowest BCUT2D eigenvalue weighted by Crippen LogP contribution is -2.47. The fraction of sp³-hybridized carbons (Fsp3) is 0.346. The van der Waals surface area contributed by atoms with Crippen LogP contribution < -0.4 is 15.0 Å². The predicted molar refractivity (Wildman–Crippen MR) is 141 cm³/mol. The normalized spacial score (nSPS) is 14.9. The number of para-hydroxylation sites is 2. The van der Waals surface area contributed by atoms with Crippen LogP contribution in [0.1, 0.15) is 59.8 Å². The van der Waals surface area contributed by atoms with E-state index in [0.29, 0.717) is 17.0 Å². The lowest BCUT2D eigenvalue weighted by molar-refractivity contribution is -0.123. The zero-order chi connectivity index (χ0) is 24.9. The summed E-state index contributed by atoms with van der Waals surface area (Å²) in [5, 5.41) is 3.26. The molecule has 0 aliphatic heterocycles. The Labute approximate surface area is 219 Å². The van der Waals surface area contributed by atoms with Gasteiger partial charge in [-0.25, -0.2) is 0 Å². The summed E-state index contributed by atoms with van der Waals surface area (Å²) < 4.78 is 9.99. The van der Waals surface area contributed by atoms with Gasteiger partial charge in [-0.05, 0) is 49.0 Å². The zero-order valence-electron chi connectivity index (χ0n) is 19.6. The molecule has 6 nitrogen and oxygen atoms in total. The molecular weight excluding hydrogens is 505 g/mol. The SMILES string of the molecule is COc1ccccc1N(C(=O)c1nsc(Cl)c1Cl)C(C(=O)NC1CCCCC1)c1ccc(C)cc1. The van der Waals surface area contributed by atoms with Gasteiger partial charge in [0.1, 0.15) is 21.2 Å². The molecule has 0 radical (unpaired) electrons. The second-order valence-electron chi connectivity index (χ2n) is 8.62. The Hall–Kier alpha value is -2.61. The lowest BCUT2D eigenvalue weighted by Gasteiger charge is -2.33. The van der Waals surface area contributed by atoms with Crippen LogP contribution in [0.15, 0.2) is 48.5 Å². The number of aromatic nitrogens is 1. The van der Waals surface area contributed by atoms with Crippen LogP contribution in [-0.2, 0) is 4.79 Å². The summed E-state index contributed by atoms with van der Waals surface area (Å²) in [5.41, 5.74) is 2.14. The molecular formula is C26H27Cl2N3O3S. The van der Waals surface area contributed by atoms with E-state index in [-0.39, 0.29) is 27.0 Å². The third-order valence-corrected chi connectivity index (χ3v) is 7.83. The van der Waals surface area contributed by atoms with E-state index >= 15 is 0 Å². The van der Waals surface area contributed by atoms with E-state index in [1.54, 1.807) is 24.3 Å². The van der Waals surface area contributed by atoms with Crippen molar-refractivity contribution in [2.24, 2.45) is 0 Å². The van der Waals surface area contributed by atoms with Gasteiger partial charge in [-0.15, -0.1) is 0 Å². The number of nitrogens with zero attached hydrogens (tertiary/aromatic N) is 2. The zero-order valence-corrected chi connectivity index (χ0v) is 21.9. The van der Waals surface area contributed by atoms with Crippen LogP contribution in [0.5, 0.6) is 5.75 Å². The molecule has 35 heavy (non-hydrogen) atoms. The molecule has 0 saturated heterocycles. The molecule has 3 aromatic rings. The summed E-state index contributed by atoms with van der Waals surface area (Å²) in [6.45, 7) is 1.97. The minimum atomic E-state index is -0.974. The number of ether oxygens (including phenoxy) is 1. The molecule has 1 N–H and O–H groups in total. The molecule has 2 amide bonds. The van der Waals surface area contributed by atoms with Crippen LogP contribution in [0.25, 0.3) is 0 Å². The van der Waals surface area contributed by atoms with Gasteiger partial charge >= 0.3 is 0 Å². The molecule has 1 aromatic heterocycles. The molecule has 184 valence electrons. The summed E-state index contributed by atoms with van der Waals surface area (Å²) in [4.78, 5) is 29.3. The smallest absolute Gasteiger partial charge is 0.280 e. The van der Waals surface area contributed by atoms with Gasteiger partial charge in [0.2, 0.25) is 5.91 Å². The van der Waals surface area contributed by atoms with Crippen LogP contribution in [0, 0.1) is 6.92 Å². The first kappa shape index (κ1) is 25.5.